The first-order valence-corrected chi connectivity index (χ1v) is 8.49. The molecular formula is C20H18F2N4O2. The molecule has 2 N–H and O–H groups in total. The lowest BCUT2D eigenvalue weighted by atomic mass is 10.2. The van der Waals surface area contributed by atoms with Crippen LogP contribution in [0.5, 0.6) is 0 Å². The number of nitrogens with zero attached hydrogens (tertiary/aromatic N) is 2. The molecule has 1 aromatic heterocycles. The van der Waals surface area contributed by atoms with Gasteiger partial charge in [-0.05, 0) is 49.7 Å². The summed E-state index contributed by atoms with van der Waals surface area (Å²) >= 11 is 0. The van der Waals surface area contributed by atoms with Crippen LogP contribution in [0.4, 0.5) is 26.1 Å². The van der Waals surface area contributed by atoms with Crippen molar-refractivity contribution in [3.05, 3.63) is 81.8 Å². The van der Waals surface area contributed by atoms with Crippen LogP contribution in [0.1, 0.15) is 11.3 Å². The van der Waals surface area contributed by atoms with E-state index >= 15 is 0 Å². The molecule has 0 saturated carbocycles. The van der Waals surface area contributed by atoms with Crippen molar-refractivity contribution < 1.29 is 13.6 Å². The van der Waals surface area contributed by atoms with Crippen LogP contribution in [0, 0.1) is 25.5 Å². The average molecular weight is 384 g/mol. The van der Waals surface area contributed by atoms with Crippen LogP contribution in [-0.2, 0) is 11.3 Å². The van der Waals surface area contributed by atoms with Gasteiger partial charge in [0.25, 0.3) is 5.56 Å². The molecule has 0 aliphatic rings. The largest absolute Gasteiger partial charge is 0.326 e. The van der Waals surface area contributed by atoms with E-state index in [1.165, 1.54) is 36.4 Å². The highest BCUT2D eigenvalue weighted by Crippen LogP contribution is 2.18. The predicted molar refractivity (Wildman–Crippen MR) is 103 cm³/mol. The molecule has 0 radical (unpaired) electrons. The Morgan fingerprint density at radius 3 is 2.54 bits per heavy atom. The van der Waals surface area contributed by atoms with Crippen molar-refractivity contribution in [1.82, 2.24) is 9.55 Å². The van der Waals surface area contributed by atoms with Gasteiger partial charge in [-0.3, -0.25) is 14.2 Å². The first-order valence-electron chi connectivity index (χ1n) is 8.49. The Morgan fingerprint density at radius 1 is 1.07 bits per heavy atom. The van der Waals surface area contributed by atoms with Gasteiger partial charge in [0.2, 0.25) is 11.9 Å². The number of nitrogens with one attached hydrogen (secondary N) is 2. The summed E-state index contributed by atoms with van der Waals surface area (Å²) in [7, 11) is 0. The SMILES string of the molecule is Cc1cc(=O)n(CC(=O)Nc2ccccc2F)c(Nc2ccc(F)c(C)c2)n1. The van der Waals surface area contributed by atoms with Gasteiger partial charge in [-0.1, -0.05) is 12.1 Å². The van der Waals surface area contributed by atoms with Crippen LogP contribution in [0.3, 0.4) is 0 Å². The van der Waals surface area contributed by atoms with Crippen molar-refractivity contribution in [2.24, 2.45) is 0 Å². The van der Waals surface area contributed by atoms with Crippen molar-refractivity contribution in [3.8, 4) is 0 Å². The van der Waals surface area contributed by atoms with Crippen molar-refractivity contribution in [2.75, 3.05) is 10.6 Å². The van der Waals surface area contributed by atoms with Gasteiger partial charge in [-0.2, -0.15) is 0 Å². The molecule has 6 nitrogen and oxygen atoms in total. The molecule has 0 fully saturated rings. The van der Waals surface area contributed by atoms with Gasteiger partial charge in [-0.15, -0.1) is 0 Å². The number of halogens is 2. The third-order valence-corrected chi connectivity index (χ3v) is 4.00. The number of anilines is 3. The maximum atomic E-state index is 13.7. The van der Waals surface area contributed by atoms with E-state index in [1.807, 2.05) is 0 Å². The molecule has 144 valence electrons. The molecule has 3 aromatic rings. The Bertz CT molecular complexity index is 1100. The summed E-state index contributed by atoms with van der Waals surface area (Å²) in [6.45, 7) is 2.88. The van der Waals surface area contributed by atoms with E-state index < -0.39 is 17.3 Å². The second-order valence-corrected chi connectivity index (χ2v) is 6.26. The van der Waals surface area contributed by atoms with Crippen LogP contribution in [0.2, 0.25) is 0 Å². The zero-order valence-corrected chi connectivity index (χ0v) is 15.3. The molecule has 2 aromatic carbocycles. The normalized spacial score (nSPS) is 10.6. The lowest BCUT2D eigenvalue weighted by Gasteiger charge is -2.15. The van der Waals surface area contributed by atoms with E-state index in [-0.39, 0.29) is 24.0 Å². The number of amides is 1. The molecule has 0 spiro atoms. The molecule has 0 aliphatic heterocycles. The molecule has 0 saturated heterocycles. The first-order chi connectivity index (χ1) is 13.3. The first kappa shape index (κ1) is 19.2. The Morgan fingerprint density at radius 2 is 1.82 bits per heavy atom. The summed E-state index contributed by atoms with van der Waals surface area (Å²) < 4.78 is 28.3. The zero-order valence-electron chi connectivity index (χ0n) is 15.3. The van der Waals surface area contributed by atoms with Gasteiger partial charge in [0.05, 0.1) is 5.69 Å². The molecule has 0 bridgehead atoms. The summed E-state index contributed by atoms with van der Waals surface area (Å²) in [6.07, 6.45) is 0. The fraction of sp³-hybridized carbons (Fsp3) is 0.150. The Hall–Kier alpha value is -3.55. The summed E-state index contributed by atoms with van der Waals surface area (Å²) in [4.78, 5) is 29.0. The highest BCUT2D eigenvalue weighted by molar-refractivity contribution is 5.90. The van der Waals surface area contributed by atoms with Crippen LogP contribution >= 0.6 is 0 Å². The lowest BCUT2D eigenvalue weighted by molar-refractivity contribution is -0.116. The van der Waals surface area contributed by atoms with E-state index in [1.54, 1.807) is 26.0 Å². The maximum absolute atomic E-state index is 13.7. The molecule has 0 unspecified atom stereocenters. The van der Waals surface area contributed by atoms with E-state index in [9.17, 15) is 18.4 Å². The number of carbonyl (C=O) groups is 1. The Kier molecular flexibility index (Phi) is 5.49. The summed E-state index contributed by atoms with van der Waals surface area (Å²) in [5.74, 6) is -1.40. The third-order valence-electron chi connectivity index (χ3n) is 4.00. The zero-order chi connectivity index (χ0) is 20.3. The smallest absolute Gasteiger partial charge is 0.255 e. The van der Waals surface area contributed by atoms with Gasteiger partial charge in [0.1, 0.15) is 18.2 Å². The van der Waals surface area contributed by atoms with Crippen molar-refractivity contribution in [1.29, 1.82) is 0 Å². The third kappa shape index (κ3) is 4.40. The molecule has 1 amide bonds. The van der Waals surface area contributed by atoms with Crippen LogP contribution in [-0.4, -0.2) is 15.5 Å². The van der Waals surface area contributed by atoms with Gasteiger partial charge in [0, 0.05) is 17.4 Å². The lowest BCUT2D eigenvalue weighted by Crippen LogP contribution is -2.30. The molecule has 0 atom stereocenters. The number of carbonyl (C=O) groups excluding carboxylic acids is 1. The quantitative estimate of drug-likeness (QED) is 0.706. The number of aryl methyl sites for hydroxylation is 2. The maximum Gasteiger partial charge on any atom is 0.255 e. The van der Waals surface area contributed by atoms with Crippen LogP contribution in [0.25, 0.3) is 0 Å². The molecule has 8 heteroatoms. The minimum atomic E-state index is -0.587. The molecular weight excluding hydrogens is 366 g/mol. The van der Waals surface area contributed by atoms with Crippen molar-refractivity contribution in [3.63, 3.8) is 0 Å². The highest BCUT2D eigenvalue weighted by atomic mass is 19.1. The monoisotopic (exact) mass is 384 g/mol. The van der Waals surface area contributed by atoms with E-state index in [0.717, 1.165) is 4.57 Å². The number of hydrogen-bond donors (Lipinski definition) is 2. The molecule has 0 aliphatic carbocycles. The van der Waals surface area contributed by atoms with E-state index in [4.69, 9.17) is 0 Å². The predicted octanol–water partition coefficient (Wildman–Crippen LogP) is 3.52. The number of benzene rings is 2. The average Bonchev–Trinajstić information content (AvgIpc) is 2.63. The van der Waals surface area contributed by atoms with Gasteiger partial charge in [0.15, 0.2) is 0 Å². The highest BCUT2D eigenvalue weighted by Gasteiger charge is 2.13. The summed E-state index contributed by atoms with van der Waals surface area (Å²) in [5.41, 5.74) is 0.961. The Labute approximate surface area is 159 Å². The minimum absolute atomic E-state index is 0.0179. The molecule has 1 heterocycles. The van der Waals surface area contributed by atoms with Crippen LogP contribution < -0.4 is 16.2 Å². The topological polar surface area (TPSA) is 76.0 Å². The molecule has 28 heavy (non-hydrogen) atoms. The number of rotatable bonds is 5. The number of aromatic nitrogens is 2. The van der Waals surface area contributed by atoms with Crippen molar-refractivity contribution in [2.45, 2.75) is 20.4 Å². The fourth-order valence-electron chi connectivity index (χ4n) is 2.62. The fourth-order valence-corrected chi connectivity index (χ4v) is 2.62. The van der Waals surface area contributed by atoms with Crippen molar-refractivity contribution >= 4 is 23.2 Å². The minimum Gasteiger partial charge on any atom is -0.326 e. The number of hydrogen-bond acceptors (Lipinski definition) is 4. The van der Waals surface area contributed by atoms with E-state index in [2.05, 4.69) is 15.6 Å². The van der Waals surface area contributed by atoms with E-state index in [0.29, 0.717) is 16.9 Å². The van der Waals surface area contributed by atoms with Crippen LogP contribution in [0.15, 0.2) is 53.3 Å². The summed E-state index contributed by atoms with van der Waals surface area (Å²) in [6, 6.07) is 11.4. The molecule has 3 rings (SSSR count). The number of para-hydroxylation sites is 1. The summed E-state index contributed by atoms with van der Waals surface area (Å²) in [5, 5.41) is 5.36. The standard InChI is InChI=1S/C20H18F2N4O2/c1-12-9-14(7-8-15(12)21)24-20-23-13(2)10-19(28)26(20)11-18(27)25-17-6-4-3-5-16(17)22/h3-10H,11H2,1-2H3,(H,23,24)(H,25,27). The second-order valence-electron chi connectivity index (χ2n) is 6.26. The second kappa shape index (κ2) is 7.99. The Balaban J connectivity index is 1.88. The van der Waals surface area contributed by atoms with Gasteiger partial charge in [-0.25, -0.2) is 13.8 Å². The van der Waals surface area contributed by atoms with Gasteiger partial charge < -0.3 is 10.6 Å². The van der Waals surface area contributed by atoms with Gasteiger partial charge >= 0.3 is 0 Å².